The standard InChI is InChI=1S/C13H16N2O/c16-13(14-11-7-3-1-4-8-11)15-12-9-5-2-6-10-12/h1,3-4,7-9H,2,5-6,10H2,(H2,14,15,16). The van der Waals surface area contributed by atoms with E-state index < -0.39 is 0 Å². The van der Waals surface area contributed by atoms with Crippen molar-refractivity contribution in [2.24, 2.45) is 0 Å². The zero-order valence-corrected chi connectivity index (χ0v) is 9.20. The third kappa shape index (κ3) is 3.12. The van der Waals surface area contributed by atoms with Crippen LogP contribution in [0.3, 0.4) is 0 Å². The highest BCUT2D eigenvalue weighted by Gasteiger charge is 2.07. The van der Waals surface area contributed by atoms with Crippen LogP contribution in [0.15, 0.2) is 42.1 Å². The molecule has 16 heavy (non-hydrogen) atoms. The van der Waals surface area contributed by atoms with Crippen molar-refractivity contribution < 1.29 is 4.79 Å². The summed E-state index contributed by atoms with van der Waals surface area (Å²) in [5.41, 5.74) is 1.86. The molecular formula is C13H16N2O. The molecule has 1 aromatic carbocycles. The minimum Gasteiger partial charge on any atom is -0.312 e. The third-order valence-corrected chi connectivity index (χ3v) is 2.60. The van der Waals surface area contributed by atoms with Gasteiger partial charge in [-0.3, -0.25) is 0 Å². The van der Waals surface area contributed by atoms with Crippen LogP contribution in [0.1, 0.15) is 25.7 Å². The monoisotopic (exact) mass is 216 g/mol. The van der Waals surface area contributed by atoms with Crippen molar-refractivity contribution in [2.45, 2.75) is 25.7 Å². The highest BCUT2D eigenvalue weighted by Crippen LogP contribution is 2.15. The lowest BCUT2D eigenvalue weighted by molar-refractivity contribution is 0.254. The molecule has 0 saturated heterocycles. The smallest absolute Gasteiger partial charge is 0.312 e. The Morgan fingerprint density at radius 2 is 1.88 bits per heavy atom. The number of urea groups is 1. The third-order valence-electron chi connectivity index (χ3n) is 2.60. The molecule has 0 spiro atoms. The summed E-state index contributed by atoms with van der Waals surface area (Å²) >= 11 is 0. The van der Waals surface area contributed by atoms with Crippen LogP contribution in [-0.4, -0.2) is 6.03 Å². The van der Waals surface area contributed by atoms with Gasteiger partial charge in [0.1, 0.15) is 0 Å². The number of nitrogens with one attached hydrogen (secondary N) is 2. The molecule has 2 N–H and O–H groups in total. The Kier molecular flexibility index (Phi) is 3.59. The van der Waals surface area contributed by atoms with E-state index in [0.29, 0.717) is 0 Å². The molecule has 0 unspecified atom stereocenters. The molecule has 84 valence electrons. The summed E-state index contributed by atoms with van der Waals surface area (Å²) in [6.07, 6.45) is 6.54. The summed E-state index contributed by atoms with van der Waals surface area (Å²) in [5, 5.41) is 5.68. The Balaban J connectivity index is 1.87. The predicted octanol–water partition coefficient (Wildman–Crippen LogP) is 3.27. The van der Waals surface area contributed by atoms with E-state index >= 15 is 0 Å². The Morgan fingerprint density at radius 1 is 1.06 bits per heavy atom. The fourth-order valence-electron chi connectivity index (χ4n) is 1.78. The SMILES string of the molecule is O=C(NC1=CCCCC1)Nc1ccccc1. The van der Waals surface area contributed by atoms with Crippen LogP contribution in [0.5, 0.6) is 0 Å². The van der Waals surface area contributed by atoms with E-state index in [-0.39, 0.29) is 6.03 Å². The van der Waals surface area contributed by atoms with E-state index in [1.165, 1.54) is 6.42 Å². The van der Waals surface area contributed by atoms with Crippen molar-refractivity contribution >= 4 is 11.7 Å². The molecule has 0 saturated carbocycles. The quantitative estimate of drug-likeness (QED) is 0.782. The molecular weight excluding hydrogens is 200 g/mol. The van der Waals surface area contributed by atoms with Crippen LogP contribution in [-0.2, 0) is 0 Å². The van der Waals surface area contributed by atoms with Gasteiger partial charge < -0.3 is 10.6 Å². The number of anilines is 1. The molecule has 1 aliphatic rings. The molecule has 0 aliphatic heterocycles. The normalized spacial score (nSPS) is 15.1. The maximum Gasteiger partial charge on any atom is 0.323 e. The number of amides is 2. The predicted molar refractivity (Wildman–Crippen MR) is 65.1 cm³/mol. The first-order valence-corrected chi connectivity index (χ1v) is 5.67. The summed E-state index contributed by atoms with van der Waals surface area (Å²) in [5.74, 6) is 0. The summed E-state index contributed by atoms with van der Waals surface area (Å²) in [6.45, 7) is 0. The van der Waals surface area contributed by atoms with Gasteiger partial charge in [0.2, 0.25) is 0 Å². The molecule has 3 nitrogen and oxygen atoms in total. The van der Waals surface area contributed by atoms with Gasteiger partial charge in [-0.1, -0.05) is 24.3 Å². The van der Waals surface area contributed by atoms with Crippen LogP contribution >= 0.6 is 0 Å². The van der Waals surface area contributed by atoms with Gasteiger partial charge >= 0.3 is 6.03 Å². The van der Waals surface area contributed by atoms with Crippen molar-refractivity contribution in [3.05, 3.63) is 42.1 Å². The van der Waals surface area contributed by atoms with Crippen LogP contribution in [0, 0.1) is 0 Å². The van der Waals surface area contributed by atoms with Gasteiger partial charge in [-0.25, -0.2) is 4.79 Å². The Bertz CT molecular complexity index is 384. The van der Waals surface area contributed by atoms with Gasteiger partial charge in [-0.05, 0) is 37.8 Å². The van der Waals surface area contributed by atoms with Crippen LogP contribution in [0.25, 0.3) is 0 Å². The second kappa shape index (κ2) is 5.35. The van der Waals surface area contributed by atoms with Crippen LogP contribution in [0.4, 0.5) is 10.5 Å². The molecule has 0 heterocycles. The van der Waals surface area contributed by atoms with Gasteiger partial charge in [0, 0.05) is 11.4 Å². The first-order valence-electron chi connectivity index (χ1n) is 5.67. The number of hydrogen-bond acceptors (Lipinski definition) is 1. The topological polar surface area (TPSA) is 41.1 Å². The summed E-state index contributed by atoms with van der Waals surface area (Å²) in [7, 11) is 0. The Morgan fingerprint density at radius 3 is 2.56 bits per heavy atom. The van der Waals surface area contributed by atoms with Gasteiger partial charge in [-0.15, -0.1) is 0 Å². The van der Waals surface area contributed by atoms with Crippen molar-refractivity contribution in [2.75, 3.05) is 5.32 Å². The van der Waals surface area contributed by atoms with Gasteiger partial charge in [-0.2, -0.15) is 0 Å². The van der Waals surface area contributed by atoms with Crippen molar-refractivity contribution in [3.63, 3.8) is 0 Å². The molecule has 0 atom stereocenters. The lowest BCUT2D eigenvalue weighted by Crippen LogP contribution is -2.28. The molecule has 0 fully saturated rings. The van der Waals surface area contributed by atoms with E-state index in [2.05, 4.69) is 16.7 Å². The largest absolute Gasteiger partial charge is 0.323 e. The van der Waals surface area contributed by atoms with Crippen LogP contribution < -0.4 is 10.6 Å². The number of benzene rings is 1. The van der Waals surface area contributed by atoms with Crippen molar-refractivity contribution in [3.8, 4) is 0 Å². The Labute approximate surface area is 95.6 Å². The van der Waals surface area contributed by atoms with Gasteiger partial charge in [0.25, 0.3) is 0 Å². The lowest BCUT2D eigenvalue weighted by Gasteiger charge is -2.14. The number of carbonyl (C=O) groups is 1. The molecule has 1 aliphatic carbocycles. The fourth-order valence-corrected chi connectivity index (χ4v) is 1.78. The number of allylic oxidation sites excluding steroid dienone is 2. The second-order valence-electron chi connectivity index (χ2n) is 3.92. The summed E-state index contributed by atoms with van der Waals surface area (Å²) < 4.78 is 0. The van der Waals surface area contributed by atoms with E-state index in [1.54, 1.807) is 0 Å². The number of carbonyl (C=O) groups excluding carboxylic acids is 1. The highest BCUT2D eigenvalue weighted by atomic mass is 16.2. The average molecular weight is 216 g/mol. The van der Waals surface area contributed by atoms with E-state index in [9.17, 15) is 4.79 Å². The zero-order valence-electron chi connectivity index (χ0n) is 9.20. The minimum atomic E-state index is -0.153. The van der Waals surface area contributed by atoms with Gasteiger partial charge in [0.05, 0.1) is 0 Å². The lowest BCUT2D eigenvalue weighted by atomic mass is 10.1. The summed E-state index contributed by atoms with van der Waals surface area (Å²) in [4.78, 5) is 11.6. The molecule has 2 amide bonds. The van der Waals surface area contributed by atoms with Gasteiger partial charge in [0.15, 0.2) is 0 Å². The first-order chi connectivity index (χ1) is 7.84. The maximum absolute atomic E-state index is 11.6. The minimum absolute atomic E-state index is 0.153. The molecule has 1 aromatic rings. The molecule has 2 rings (SSSR count). The second-order valence-corrected chi connectivity index (χ2v) is 3.92. The zero-order chi connectivity index (χ0) is 11.2. The summed E-state index contributed by atoms with van der Waals surface area (Å²) in [6, 6.07) is 9.31. The average Bonchev–Trinajstić information content (AvgIpc) is 2.31. The number of para-hydroxylation sites is 1. The highest BCUT2D eigenvalue weighted by molar-refractivity contribution is 5.90. The van der Waals surface area contributed by atoms with E-state index in [4.69, 9.17) is 0 Å². The Hall–Kier alpha value is -1.77. The number of rotatable bonds is 2. The molecule has 0 bridgehead atoms. The first kappa shape index (κ1) is 10.7. The van der Waals surface area contributed by atoms with E-state index in [1.807, 2.05) is 30.3 Å². The van der Waals surface area contributed by atoms with Crippen molar-refractivity contribution in [1.82, 2.24) is 5.32 Å². The fraction of sp³-hybridized carbons (Fsp3) is 0.308. The van der Waals surface area contributed by atoms with Crippen molar-refractivity contribution in [1.29, 1.82) is 0 Å². The molecule has 0 aromatic heterocycles. The van der Waals surface area contributed by atoms with Crippen LogP contribution in [0.2, 0.25) is 0 Å². The molecule has 3 heteroatoms. The molecule has 0 radical (unpaired) electrons. The van der Waals surface area contributed by atoms with E-state index in [0.717, 1.165) is 30.6 Å². The number of hydrogen-bond donors (Lipinski definition) is 2. The maximum atomic E-state index is 11.6.